The number of nitrogens with one attached hydrogen (secondary N) is 2. The summed E-state index contributed by atoms with van der Waals surface area (Å²) in [5.74, 6) is -2.90. The summed E-state index contributed by atoms with van der Waals surface area (Å²) >= 11 is 0. The first-order valence-corrected chi connectivity index (χ1v) is 10.9. The average Bonchev–Trinajstić information content (AvgIpc) is 3.14. The third kappa shape index (κ3) is 4.34. The van der Waals surface area contributed by atoms with Crippen LogP contribution in [0, 0.1) is 17.5 Å². The minimum atomic E-state index is -1.57. The molecule has 1 saturated heterocycles. The number of carbonyl (C=O) groups is 1. The Morgan fingerprint density at radius 3 is 2.42 bits per heavy atom. The fourth-order valence-corrected chi connectivity index (χ4v) is 5.37. The summed E-state index contributed by atoms with van der Waals surface area (Å²) in [6.45, 7) is 0.937. The van der Waals surface area contributed by atoms with Gasteiger partial charge in [0, 0.05) is 35.3 Å². The number of ether oxygens (including phenoxy) is 2. The van der Waals surface area contributed by atoms with E-state index in [9.17, 15) is 18.0 Å². The second-order valence-corrected chi connectivity index (χ2v) is 8.80. The number of rotatable bonds is 5. The molecule has 0 bridgehead atoms. The Balaban J connectivity index is 1.48. The molecule has 2 amide bonds. The molecule has 4 rings (SSSR count). The lowest BCUT2D eigenvalue weighted by atomic mass is 9.65. The van der Waals surface area contributed by atoms with Crippen molar-refractivity contribution >= 4 is 11.7 Å². The Kier molecular flexibility index (Phi) is 6.43. The first kappa shape index (κ1) is 23.2. The van der Waals surface area contributed by atoms with E-state index in [2.05, 4.69) is 28.6 Å². The van der Waals surface area contributed by atoms with Crippen LogP contribution in [0.15, 0.2) is 30.3 Å². The van der Waals surface area contributed by atoms with E-state index in [1.807, 2.05) is 12.1 Å². The number of nitrogens with zero attached hydrogens (tertiary/aromatic N) is 1. The maximum Gasteiger partial charge on any atom is 0.319 e. The van der Waals surface area contributed by atoms with E-state index in [1.165, 1.54) is 5.56 Å². The predicted molar refractivity (Wildman–Crippen MR) is 118 cm³/mol. The van der Waals surface area contributed by atoms with Crippen LogP contribution in [0.25, 0.3) is 0 Å². The van der Waals surface area contributed by atoms with E-state index in [4.69, 9.17) is 9.47 Å². The van der Waals surface area contributed by atoms with Crippen molar-refractivity contribution in [2.75, 3.05) is 33.1 Å². The fraction of sp³-hybridized carbons (Fsp3) is 0.458. The van der Waals surface area contributed by atoms with Crippen LogP contribution in [-0.2, 0) is 5.41 Å². The first-order valence-electron chi connectivity index (χ1n) is 10.9. The molecular formula is C24H28F3N3O3. The molecule has 9 heteroatoms. The zero-order valence-electron chi connectivity index (χ0n) is 18.9. The van der Waals surface area contributed by atoms with E-state index >= 15 is 0 Å². The number of carbonyl (C=O) groups excluding carboxylic acids is 1. The lowest BCUT2D eigenvalue weighted by Gasteiger charge is -2.45. The number of amides is 2. The number of anilines is 1. The summed E-state index contributed by atoms with van der Waals surface area (Å²) < 4.78 is 50.9. The van der Waals surface area contributed by atoms with Crippen molar-refractivity contribution < 1.29 is 27.4 Å². The van der Waals surface area contributed by atoms with Gasteiger partial charge in [0.2, 0.25) is 0 Å². The van der Waals surface area contributed by atoms with Gasteiger partial charge in [-0.25, -0.2) is 18.0 Å². The SMILES string of the molecule is COc1ccc([C@@]23CC[C@@H](NC(=O)Nc4cc(F)c(F)c(F)c4)C[C@@H]2N(C)CC3)cc1OC. The minimum absolute atomic E-state index is 0.0633. The van der Waals surface area contributed by atoms with Crippen molar-refractivity contribution in [3.63, 3.8) is 0 Å². The molecule has 178 valence electrons. The summed E-state index contributed by atoms with van der Waals surface area (Å²) in [5, 5.41) is 5.30. The molecule has 1 aliphatic carbocycles. The largest absolute Gasteiger partial charge is 0.493 e. The van der Waals surface area contributed by atoms with Gasteiger partial charge < -0.3 is 25.0 Å². The number of urea groups is 1. The van der Waals surface area contributed by atoms with E-state index < -0.39 is 23.5 Å². The lowest BCUT2D eigenvalue weighted by Crippen LogP contribution is -2.52. The molecule has 2 fully saturated rings. The number of hydrogen-bond acceptors (Lipinski definition) is 4. The van der Waals surface area contributed by atoms with Crippen LogP contribution in [0.1, 0.15) is 31.2 Å². The Morgan fingerprint density at radius 1 is 1.06 bits per heavy atom. The summed E-state index contributed by atoms with van der Waals surface area (Å²) in [5.41, 5.74) is 0.985. The molecule has 1 saturated carbocycles. The van der Waals surface area contributed by atoms with Crippen LogP contribution in [0.5, 0.6) is 11.5 Å². The molecule has 3 atom stereocenters. The number of likely N-dealkylation sites (tertiary alicyclic amines) is 1. The number of benzene rings is 2. The zero-order chi connectivity index (χ0) is 23.8. The smallest absolute Gasteiger partial charge is 0.319 e. The topological polar surface area (TPSA) is 62.8 Å². The summed E-state index contributed by atoms with van der Waals surface area (Å²) in [4.78, 5) is 14.8. The molecule has 0 spiro atoms. The molecule has 0 radical (unpaired) electrons. The van der Waals surface area contributed by atoms with Crippen LogP contribution >= 0.6 is 0 Å². The van der Waals surface area contributed by atoms with Gasteiger partial charge >= 0.3 is 6.03 Å². The Bertz CT molecular complexity index is 1030. The van der Waals surface area contributed by atoms with Crippen molar-refractivity contribution in [1.82, 2.24) is 10.2 Å². The van der Waals surface area contributed by atoms with Crippen molar-refractivity contribution in [2.24, 2.45) is 0 Å². The molecule has 2 N–H and O–H groups in total. The van der Waals surface area contributed by atoms with Gasteiger partial charge in [0.1, 0.15) is 0 Å². The van der Waals surface area contributed by atoms with Crippen LogP contribution in [-0.4, -0.2) is 50.8 Å². The minimum Gasteiger partial charge on any atom is -0.493 e. The third-order valence-corrected chi connectivity index (χ3v) is 7.06. The fourth-order valence-electron chi connectivity index (χ4n) is 5.37. The van der Waals surface area contributed by atoms with Crippen molar-refractivity contribution in [2.45, 2.75) is 43.2 Å². The van der Waals surface area contributed by atoms with Crippen LogP contribution in [0.2, 0.25) is 0 Å². The molecule has 2 aromatic rings. The number of fused-ring (bicyclic) bond motifs is 1. The molecule has 33 heavy (non-hydrogen) atoms. The Labute approximate surface area is 191 Å². The normalized spacial score (nSPS) is 24.8. The van der Waals surface area contributed by atoms with Crippen LogP contribution < -0.4 is 20.1 Å². The molecule has 1 heterocycles. The highest BCUT2D eigenvalue weighted by Crippen LogP contribution is 2.49. The number of likely N-dealkylation sites (N-methyl/N-ethyl adjacent to an activating group) is 1. The predicted octanol–water partition coefficient (Wildman–Crippen LogP) is 4.44. The van der Waals surface area contributed by atoms with Gasteiger partial charge in [0.05, 0.1) is 14.2 Å². The summed E-state index contributed by atoms with van der Waals surface area (Å²) in [6, 6.07) is 7.09. The quantitative estimate of drug-likeness (QED) is 0.644. The number of methoxy groups -OCH3 is 2. The lowest BCUT2D eigenvalue weighted by molar-refractivity contribution is 0.156. The highest BCUT2D eigenvalue weighted by atomic mass is 19.2. The van der Waals surface area contributed by atoms with Crippen molar-refractivity contribution in [3.8, 4) is 11.5 Å². The second-order valence-electron chi connectivity index (χ2n) is 8.80. The maximum atomic E-state index is 13.4. The Morgan fingerprint density at radius 2 is 1.76 bits per heavy atom. The Hall–Kier alpha value is -2.94. The van der Waals surface area contributed by atoms with Gasteiger partial charge in [0.15, 0.2) is 29.0 Å². The van der Waals surface area contributed by atoms with Gasteiger partial charge in [-0.15, -0.1) is 0 Å². The summed E-state index contributed by atoms with van der Waals surface area (Å²) in [7, 11) is 5.31. The molecule has 6 nitrogen and oxygen atoms in total. The van der Waals surface area contributed by atoms with Crippen LogP contribution in [0.3, 0.4) is 0 Å². The van der Waals surface area contributed by atoms with Gasteiger partial charge in [-0.1, -0.05) is 6.07 Å². The van der Waals surface area contributed by atoms with E-state index in [-0.39, 0.29) is 23.2 Å². The zero-order valence-corrected chi connectivity index (χ0v) is 18.9. The second kappa shape index (κ2) is 9.13. The highest BCUT2D eigenvalue weighted by molar-refractivity contribution is 5.89. The number of hydrogen-bond donors (Lipinski definition) is 2. The van der Waals surface area contributed by atoms with Crippen molar-refractivity contribution in [3.05, 3.63) is 53.3 Å². The van der Waals surface area contributed by atoms with Gasteiger partial charge in [0.25, 0.3) is 0 Å². The van der Waals surface area contributed by atoms with Crippen molar-refractivity contribution in [1.29, 1.82) is 0 Å². The molecule has 0 aromatic heterocycles. The highest BCUT2D eigenvalue weighted by Gasteiger charge is 2.50. The summed E-state index contributed by atoms with van der Waals surface area (Å²) in [6.07, 6.45) is 3.33. The van der Waals surface area contributed by atoms with E-state index in [0.717, 1.165) is 44.4 Å². The standard InChI is InChI=1S/C24H28F3N3O3/c1-30-9-8-24(14-4-5-19(32-2)20(10-14)33-3)7-6-15(13-21(24)30)28-23(31)29-16-11-17(25)22(27)18(26)12-16/h4-5,10-12,15,21H,6-9,13H2,1-3H3,(H2,28,29,31)/t15-,21+,24+/m1/s1. The van der Waals surface area contributed by atoms with Crippen LogP contribution in [0.4, 0.5) is 23.7 Å². The van der Waals surface area contributed by atoms with Gasteiger partial charge in [-0.05, 0) is 57.0 Å². The average molecular weight is 464 g/mol. The molecule has 2 aromatic carbocycles. The van der Waals surface area contributed by atoms with E-state index in [0.29, 0.717) is 11.5 Å². The monoisotopic (exact) mass is 463 g/mol. The molecule has 0 unspecified atom stereocenters. The van der Waals surface area contributed by atoms with E-state index in [1.54, 1.807) is 14.2 Å². The van der Waals surface area contributed by atoms with Gasteiger partial charge in [-0.2, -0.15) is 0 Å². The molecular weight excluding hydrogens is 435 g/mol. The molecule has 2 aliphatic rings. The third-order valence-electron chi connectivity index (χ3n) is 7.06. The first-order chi connectivity index (χ1) is 15.8. The maximum absolute atomic E-state index is 13.4. The van der Waals surface area contributed by atoms with Gasteiger partial charge in [-0.3, -0.25) is 0 Å². The number of halogens is 3. The molecule has 1 aliphatic heterocycles.